The number of carbonyl (C=O) groups is 1. The SMILES string of the molecule is COc1cc(C(=O)N2CCN(c3nc(C)nc4sc5c(c34)CCCC5)CC2)cc(OC)c1OC. The van der Waals surface area contributed by atoms with Crippen molar-refractivity contribution in [1.29, 1.82) is 0 Å². The van der Waals surface area contributed by atoms with Crippen molar-refractivity contribution in [3.63, 3.8) is 0 Å². The molecule has 0 bridgehead atoms. The number of benzene rings is 1. The molecule has 3 aromatic rings. The van der Waals surface area contributed by atoms with Crippen LogP contribution in [0.15, 0.2) is 12.1 Å². The Balaban J connectivity index is 1.38. The number of aryl methyl sites for hydroxylation is 3. The first kappa shape index (κ1) is 22.7. The molecule has 2 aromatic heterocycles. The summed E-state index contributed by atoms with van der Waals surface area (Å²) in [5, 5.41) is 1.23. The van der Waals surface area contributed by atoms with E-state index in [4.69, 9.17) is 24.2 Å². The van der Waals surface area contributed by atoms with Gasteiger partial charge in [0.2, 0.25) is 5.75 Å². The minimum atomic E-state index is -0.0455. The van der Waals surface area contributed by atoms with Gasteiger partial charge in [0.05, 0.1) is 26.7 Å². The number of aromatic nitrogens is 2. The number of amides is 1. The van der Waals surface area contributed by atoms with Crippen molar-refractivity contribution in [2.45, 2.75) is 32.6 Å². The smallest absolute Gasteiger partial charge is 0.254 e. The molecule has 0 spiro atoms. The van der Waals surface area contributed by atoms with Crippen LogP contribution in [0.25, 0.3) is 10.2 Å². The third-order valence-electron chi connectivity index (χ3n) is 6.69. The summed E-state index contributed by atoms with van der Waals surface area (Å²) in [6.45, 7) is 4.66. The third-order valence-corrected chi connectivity index (χ3v) is 7.87. The Labute approximate surface area is 203 Å². The molecule has 1 saturated heterocycles. The lowest BCUT2D eigenvalue weighted by Gasteiger charge is -2.36. The van der Waals surface area contributed by atoms with E-state index in [0.29, 0.717) is 35.9 Å². The first-order valence-corrected chi connectivity index (χ1v) is 12.5. The Morgan fingerprint density at radius 1 is 0.941 bits per heavy atom. The van der Waals surface area contributed by atoms with Crippen LogP contribution < -0.4 is 19.1 Å². The molecule has 0 unspecified atom stereocenters. The number of nitrogens with zero attached hydrogens (tertiary/aromatic N) is 4. The minimum absolute atomic E-state index is 0.0455. The molecule has 1 aromatic carbocycles. The number of ether oxygens (including phenoxy) is 3. The molecule has 0 N–H and O–H groups in total. The fourth-order valence-corrected chi connectivity index (χ4v) is 6.28. The van der Waals surface area contributed by atoms with Crippen LogP contribution in [-0.2, 0) is 12.8 Å². The van der Waals surface area contributed by atoms with Crippen molar-refractivity contribution in [1.82, 2.24) is 14.9 Å². The van der Waals surface area contributed by atoms with E-state index < -0.39 is 0 Å². The van der Waals surface area contributed by atoms with Crippen LogP contribution in [0.4, 0.5) is 5.82 Å². The van der Waals surface area contributed by atoms with Gasteiger partial charge >= 0.3 is 0 Å². The summed E-state index contributed by atoms with van der Waals surface area (Å²) in [5.74, 6) is 3.22. The number of thiophene rings is 1. The molecule has 3 heterocycles. The highest BCUT2D eigenvalue weighted by molar-refractivity contribution is 7.19. The molecule has 2 aliphatic rings. The Morgan fingerprint density at radius 2 is 1.62 bits per heavy atom. The number of hydrogen-bond acceptors (Lipinski definition) is 8. The summed E-state index contributed by atoms with van der Waals surface area (Å²) >= 11 is 1.83. The van der Waals surface area contributed by atoms with E-state index in [9.17, 15) is 4.79 Å². The van der Waals surface area contributed by atoms with Gasteiger partial charge in [-0.1, -0.05) is 0 Å². The zero-order chi connectivity index (χ0) is 23.8. The zero-order valence-corrected chi connectivity index (χ0v) is 21.0. The Bertz CT molecular complexity index is 1210. The van der Waals surface area contributed by atoms with Gasteiger partial charge in [0.15, 0.2) is 11.5 Å². The summed E-state index contributed by atoms with van der Waals surface area (Å²) in [6.07, 6.45) is 4.73. The van der Waals surface area contributed by atoms with Gasteiger partial charge in [0.25, 0.3) is 5.91 Å². The highest BCUT2D eigenvalue weighted by atomic mass is 32.1. The molecule has 1 fully saturated rings. The minimum Gasteiger partial charge on any atom is -0.493 e. The molecule has 1 amide bonds. The first-order chi connectivity index (χ1) is 16.5. The van der Waals surface area contributed by atoms with Crippen molar-refractivity contribution >= 4 is 33.3 Å². The Hall–Kier alpha value is -3.07. The molecule has 5 rings (SSSR count). The molecule has 0 saturated carbocycles. The van der Waals surface area contributed by atoms with E-state index in [-0.39, 0.29) is 5.91 Å². The monoisotopic (exact) mass is 482 g/mol. The summed E-state index contributed by atoms with van der Waals surface area (Å²) in [7, 11) is 4.66. The number of fused-ring (bicyclic) bond motifs is 3. The van der Waals surface area contributed by atoms with Gasteiger partial charge in [-0.05, 0) is 50.3 Å². The largest absolute Gasteiger partial charge is 0.493 e. The number of hydrogen-bond donors (Lipinski definition) is 0. The van der Waals surface area contributed by atoms with Gasteiger partial charge < -0.3 is 24.0 Å². The van der Waals surface area contributed by atoms with Crippen molar-refractivity contribution in [2.24, 2.45) is 0 Å². The lowest BCUT2D eigenvalue weighted by molar-refractivity contribution is 0.0745. The highest BCUT2D eigenvalue weighted by Gasteiger charge is 2.28. The molecule has 0 radical (unpaired) electrons. The van der Waals surface area contributed by atoms with Crippen molar-refractivity contribution in [3.05, 3.63) is 34.0 Å². The third kappa shape index (κ3) is 3.91. The molecule has 8 nitrogen and oxygen atoms in total. The molecular weight excluding hydrogens is 452 g/mol. The van der Waals surface area contributed by atoms with Crippen LogP contribution in [0.1, 0.15) is 39.5 Å². The second-order valence-electron chi connectivity index (χ2n) is 8.68. The summed E-state index contributed by atoms with van der Waals surface area (Å²) in [5.41, 5.74) is 1.97. The van der Waals surface area contributed by atoms with E-state index in [2.05, 4.69) is 4.90 Å². The fraction of sp³-hybridized carbons (Fsp3) is 0.480. The van der Waals surface area contributed by atoms with Crippen LogP contribution in [-0.4, -0.2) is 68.3 Å². The average molecular weight is 483 g/mol. The topological polar surface area (TPSA) is 77.0 Å². The highest BCUT2D eigenvalue weighted by Crippen LogP contribution is 2.41. The van der Waals surface area contributed by atoms with E-state index in [1.807, 2.05) is 23.2 Å². The lowest BCUT2D eigenvalue weighted by atomic mass is 9.97. The molecular formula is C25H30N4O4S. The van der Waals surface area contributed by atoms with Gasteiger partial charge in [-0.25, -0.2) is 9.97 Å². The summed E-state index contributed by atoms with van der Waals surface area (Å²) in [4.78, 5) is 29.7. The van der Waals surface area contributed by atoms with Crippen molar-refractivity contribution < 1.29 is 19.0 Å². The molecule has 1 aliphatic carbocycles. The van der Waals surface area contributed by atoms with Crippen LogP contribution in [0.3, 0.4) is 0 Å². The van der Waals surface area contributed by atoms with Gasteiger partial charge in [-0.2, -0.15) is 0 Å². The standard InChI is InChI=1S/C25H30N4O4S/c1-15-26-23(21-17-7-5-6-8-20(17)34-24(21)27-15)28-9-11-29(12-10-28)25(30)16-13-18(31-2)22(33-4)19(14-16)32-3/h13-14H,5-12H2,1-4H3. The second kappa shape index (κ2) is 9.29. The molecule has 34 heavy (non-hydrogen) atoms. The lowest BCUT2D eigenvalue weighted by Crippen LogP contribution is -2.49. The fourth-order valence-electron chi connectivity index (χ4n) is 4.98. The zero-order valence-electron chi connectivity index (χ0n) is 20.1. The molecule has 180 valence electrons. The van der Waals surface area contributed by atoms with Gasteiger partial charge in [0.1, 0.15) is 16.5 Å². The maximum atomic E-state index is 13.3. The Kier molecular flexibility index (Phi) is 6.20. The molecule has 9 heteroatoms. The average Bonchev–Trinajstić information content (AvgIpc) is 3.25. The van der Waals surface area contributed by atoms with Gasteiger partial charge in [-0.3, -0.25) is 4.79 Å². The number of piperazine rings is 1. The van der Waals surface area contributed by atoms with E-state index in [1.165, 1.54) is 28.7 Å². The molecule has 1 aliphatic heterocycles. The molecule has 0 atom stereocenters. The number of rotatable bonds is 5. The predicted molar refractivity (Wildman–Crippen MR) is 133 cm³/mol. The van der Waals surface area contributed by atoms with E-state index >= 15 is 0 Å². The Morgan fingerprint density at radius 3 is 2.26 bits per heavy atom. The summed E-state index contributed by atoms with van der Waals surface area (Å²) < 4.78 is 16.2. The number of carbonyl (C=O) groups excluding carboxylic acids is 1. The van der Waals surface area contributed by atoms with Crippen LogP contribution in [0.5, 0.6) is 17.2 Å². The van der Waals surface area contributed by atoms with Crippen molar-refractivity contribution in [3.8, 4) is 17.2 Å². The van der Waals surface area contributed by atoms with Gasteiger partial charge in [0, 0.05) is 36.6 Å². The first-order valence-electron chi connectivity index (χ1n) is 11.7. The normalized spacial score (nSPS) is 15.9. The van der Waals surface area contributed by atoms with Crippen LogP contribution >= 0.6 is 11.3 Å². The van der Waals surface area contributed by atoms with E-state index in [1.54, 1.807) is 33.5 Å². The maximum Gasteiger partial charge on any atom is 0.254 e. The predicted octanol–water partition coefficient (Wildman–Crippen LogP) is 3.87. The number of anilines is 1. The van der Waals surface area contributed by atoms with Crippen LogP contribution in [0, 0.1) is 6.92 Å². The van der Waals surface area contributed by atoms with Crippen molar-refractivity contribution in [2.75, 3.05) is 52.4 Å². The van der Waals surface area contributed by atoms with Gasteiger partial charge in [-0.15, -0.1) is 11.3 Å². The van der Waals surface area contributed by atoms with Crippen LogP contribution in [0.2, 0.25) is 0 Å². The summed E-state index contributed by atoms with van der Waals surface area (Å²) in [6, 6.07) is 3.43. The van der Waals surface area contributed by atoms with E-state index in [0.717, 1.165) is 42.4 Å². The quantitative estimate of drug-likeness (QED) is 0.546. The number of methoxy groups -OCH3 is 3. The second-order valence-corrected chi connectivity index (χ2v) is 9.76. The maximum absolute atomic E-state index is 13.3.